The standard InChI is InChI=1S/C25H29FN2O2/c1-3-4-5-10-19(29)11-6-9-14-24-27-22-17-18(2)15-16-20(22)25(30)28(24)23-13-8-7-12-21(23)26/h7-8,12-13,15-17H,3-6,9-11,14H2,1-2H3. The summed E-state index contributed by atoms with van der Waals surface area (Å²) < 4.78 is 15.9. The number of nitrogens with zero attached hydrogens (tertiary/aromatic N) is 2. The molecule has 0 saturated carbocycles. The molecule has 158 valence electrons. The number of aromatic nitrogens is 2. The number of hydrogen-bond acceptors (Lipinski definition) is 3. The van der Waals surface area contributed by atoms with Crippen LogP contribution in [-0.4, -0.2) is 15.3 Å². The molecular weight excluding hydrogens is 379 g/mol. The van der Waals surface area contributed by atoms with Crippen molar-refractivity contribution in [3.05, 3.63) is 70.0 Å². The van der Waals surface area contributed by atoms with Gasteiger partial charge in [-0.25, -0.2) is 9.37 Å². The van der Waals surface area contributed by atoms with Crippen molar-refractivity contribution in [2.75, 3.05) is 0 Å². The second-order valence-corrected chi connectivity index (χ2v) is 7.84. The van der Waals surface area contributed by atoms with Gasteiger partial charge in [0.2, 0.25) is 0 Å². The SMILES string of the molecule is CCCCCC(=O)CCCCc1nc2cc(C)ccc2c(=O)n1-c1ccccc1F. The molecule has 30 heavy (non-hydrogen) atoms. The van der Waals surface area contributed by atoms with Crippen molar-refractivity contribution in [2.45, 2.75) is 65.2 Å². The average molecular weight is 409 g/mol. The molecule has 0 atom stereocenters. The van der Waals surface area contributed by atoms with Crippen molar-refractivity contribution in [1.82, 2.24) is 9.55 Å². The van der Waals surface area contributed by atoms with Crippen LogP contribution in [-0.2, 0) is 11.2 Å². The van der Waals surface area contributed by atoms with Gasteiger partial charge in [-0.3, -0.25) is 14.2 Å². The number of aryl methyl sites for hydroxylation is 2. The predicted molar refractivity (Wildman–Crippen MR) is 119 cm³/mol. The third kappa shape index (κ3) is 5.21. The van der Waals surface area contributed by atoms with E-state index in [1.54, 1.807) is 24.3 Å². The highest BCUT2D eigenvalue weighted by atomic mass is 19.1. The molecule has 1 aromatic heterocycles. The molecule has 0 aliphatic rings. The van der Waals surface area contributed by atoms with Gasteiger partial charge >= 0.3 is 0 Å². The summed E-state index contributed by atoms with van der Waals surface area (Å²) >= 11 is 0. The summed E-state index contributed by atoms with van der Waals surface area (Å²) in [4.78, 5) is 29.9. The summed E-state index contributed by atoms with van der Waals surface area (Å²) in [5.74, 6) is 0.360. The Morgan fingerprint density at radius 1 is 1.03 bits per heavy atom. The Kier molecular flexibility index (Phi) is 7.50. The van der Waals surface area contributed by atoms with Gasteiger partial charge in [0.1, 0.15) is 17.4 Å². The normalized spacial score (nSPS) is 11.2. The maximum absolute atomic E-state index is 14.5. The van der Waals surface area contributed by atoms with Crippen LogP contribution in [0.4, 0.5) is 4.39 Å². The van der Waals surface area contributed by atoms with Gasteiger partial charge in [-0.05, 0) is 56.0 Å². The van der Waals surface area contributed by atoms with Crippen LogP contribution < -0.4 is 5.56 Å². The number of halogens is 1. The van der Waals surface area contributed by atoms with Crippen molar-refractivity contribution in [2.24, 2.45) is 0 Å². The van der Waals surface area contributed by atoms with Gasteiger partial charge in [0.05, 0.1) is 16.6 Å². The molecule has 3 aromatic rings. The predicted octanol–water partition coefficient (Wildman–Crippen LogP) is 5.70. The van der Waals surface area contributed by atoms with Gasteiger partial charge in [0, 0.05) is 19.3 Å². The lowest BCUT2D eigenvalue weighted by Crippen LogP contribution is -2.25. The Balaban J connectivity index is 1.85. The number of ketones is 1. The number of Topliss-reactive ketones (excluding diaryl/α,β-unsaturated/α-hetero) is 1. The monoisotopic (exact) mass is 408 g/mol. The summed E-state index contributed by atoms with van der Waals surface area (Å²) in [6, 6.07) is 11.7. The Labute approximate surface area is 176 Å². The van der Waals surface area contributed by atoms with Crippen LogP contribution in [0.5, 0.6) is 0 Å². The average Bonchev–Trinajstić information content (AvgIpc) is 2.72. The van der Waals surface area contributed by atoms with Crippen LogP contribution >= 0.6 is 0 Å². The molecule has 4 nitrogen and oxygen atoms in total. The Morgan fingerprint density at radius 2 is 1.77 bits per heavy atom. The fourth-order valence-corrected chi connectivity index (χ4v) is 3.69. The van der Waals surface area contributed by atoms with Crippen LogP contribution in [0, 0.1) is 12.7 Å². The maximum Gasteiger partial charge on any atom is 0.266 e. The van der Waals surface area contributed by atoms with Crippen molar-refractivity contribution < 1.29 is 9.18 Å². The Bertz CT molecular complexity index is 1090. The molecule has 2 aromatic carbocycles. The number of benzene rings is 2. The molecule has 0 radical (unpaired) electrons. The molecule has 0 saturated heterocycles. The van der Waals surface area contributed by atoms with Crippen LogP contribution in [0.3, 0.4) is 0 Å². The summed E-state index contributed by atoms with van der Waals surface area (Å²) in [5.41, 5.74) is 1.58. The van der Waals surface area contributed by atoms with E-state index in [4.69, 9.17) is 4.98 Å². The first-order chi connectivity index (χ1) is 14.5. The quantitative estimate of drug-likeness (QED) is 0.405. The fraction of sp³-hybridized carbons (Fsp3) is 0.400. The third-order valence-corrected chi connectivity index (χ3v) is 5.35. The van der Waals surface area contributed by atoms with E-state index in [-0.39, 0.29) is 17.0 Å². The second-order valence-electron chi connectivity index (χ2n) is 7.84. The molecule has 0 aliphatic carbocycles. The number of rotatable bonds is 10. The number of hydrogen-bond donors (Lipinski definition) is 0. The molecule has 0 bridgehead atoms. The third-order valence-electron chi connectivity index (χ3n) is 5.35. The van der Waals surface area contributed by atoms with E-state index in [2.05, 4.69) is 6.92 Å². The first-order valence-corrected chi connectivity index (χ1v) is 10.8. The number of carbonyl (C=O) groups is 1. The molecule has 0 N–H and O–H groups in total. The van der Waals surface area contributed by atoms with Gasteiger partial charge in [0.15, 0.2) is 0 Å². The van der Waals surface area contributed by atoms with E-state index < -0.39 is 5.82 Å². The van der Waals surface area contributed by atoms with E-state index in [1.807, 2.05) is 19.1 Å². The minimum absolute atomic E-state index is 0.211. The van der Waals surface area contributed by atoms with Crippen LogP contribution in [0.1, 0.15) is 63.3 Å². The number of para-hydroxylation sites is 1. The lowest BCUT2D eigenvalue weighted by molar-refractivity contribution is -0.119. The minimum Gasteiger partial charge on any atom is -0.300 e. The molecule has 5 heteroatoms. The minimum atomic E-state index is -0.458. The second kappa shape index (κ2) is 10.3. The molecule has 0 amide bonds. The van der Waals surface area contributed by atoms with E-state index in [1.165, 1.54) is 10.6 Å². The van der Waals surface area contributed by atoms with E-state index in [0.29, 0.717) is 36.0 Å². The molecule has 0 fully saturated rings. The Hall–Kier alpha value is -2.82. The van der Waals surface area contributed by atoms with Crippen molar-refractivity contribution in [1.29, 1.82) is 0 Å². The molecule has 0 unspecified atom stereocenters. The van der Waals surface area contributed by atoms with E-state index in [9.17, 15) is 14.0 Å². The first-order valence-electron chi connectivity index (χ1n) is 10.8. The van der Waals surface area contributed by atoms with Crippen LogP contribution in [0.2, 0.25) is 0 Å². The summed E-state index contributed by atoms with van der Waals surface area (Å²) in [6.45, 7) is 4.07. The lowest BCUT2D eigenvalue weighted by Gasteiger charge is -2.14. The van der Waals surface area contributed by atoms with Crippen molar-refractivity contribution >= 4 is 16.7 Å². The van der Waals surface area contributed by atoms with E-state index >= 15 is 0 Å². The van der Waals surface area contributed by atoms with Gasteiger partial charge in [-0.1, -0.05) is 38.0 Å². The lowest BCUT2D eigenvalue weighted by atomic mass is 10.1. The highest BCUT2D eigenvalue weighted by molar-refractivity contribution is 5.79. The summed E-state index contributed by atoms with van der Waals surface area (Å²) in [5, 5.41) is 0.471. The topological polar surface area (TPSA) is 52.0 Å². The smallest absolute Gasteiger partial charge is 0.266 e. The van der Waals surface area contributed by atoms with Crippen molar-refractivity contribution in [3.8, 4) is 5.69 Å². The van der Waals surface area contributed by atoms with Crippen LogP contribution in [0.15, 0.2) is 47.3 Å². The largest absolute Gasteiger partial charge is 0.300 e. The van der Waals surface area contributed by atoms with E-state index in [0.717, 1.165) is 37.7 Å². The molecule has 0 spiro atoms. The van der Waals surface area contributed by atoms with Crippen molar-refractivity contribution in [3.63, 3.8) is 0 Å². The Morgan fingerprint density at radius 3 is 2.50 bits per heavy atom. The molecular formula is C25H29FN2O2. The molecule has 0 aliphatic heterocycles. The first kappa shape index (κ1) is 21.9. The summed E-state index contributed by atoms with van der Waals surface area (Å²) in [6.07, 6.45) is 6.29. The van der Waals surface area contributed by atoms with Gasteiger partial charge in [-0.15, -0.1) is 0 Å². The number of unbranched alkanes of at least 4 members (excludes halogenated alkanes) is 3. The van der Waals surface area contributed by atoms with Gasteiger partial charge < -0.3 is 0 Å². The highest BCUT2D eigenvalue weighted by Crippen LogP contribution is 2.18. The zero-order valence-electron chi connectivity index (χ0n) is 17.8. The molecule has 1 heterocycles. The van der Waals surface area contributed by atoms with Crippen LogP contribution in [0.25, 0.3) is 16.6 Å². The zero-order chi connectivity index (χ0) is 21.5. The molecule has 3 rings (SSSR count). The maximum atomic E-state index is 14.5. The summed E-state index contributed by atoms with van der Waals surface area (Å²) in [7, 11) is 0. The fourth-order valence-electron chi connectivity index (χ4n) is 3.69. The van der Waals surface area contributed by atoms with Gasteiger partial charge in [0.25, 0.3) is 5.56 Å². The zero-order valence-corrected chi connectivity index (χ0v) is 17.8. The van der Waals surface area contributed by atoms with Gasteiger partial charge in [-0.2, -0.15) is 0 Å². The number of carbonyl (C=O) groups excluding carboxylic acids is 1. The highest BCUT2D eigenvalue weighted by Gasteiger charge is 2.15. The number of fused-ring (bicyclic) bond motifs is 1.